The van der Waals surface area contributed by atoms with Crippen molar-refractivity contribution in [1.29, 1.82) is 0 Å². The van der Waals surface area contributed by atoms with Crippen molar-refractivity contribution in [2.24, 2.45) is 17.8 Å². The number of carbonyl (C=O) groups excluding carboxylic acids is 1. The minimum Gasteiger partial charge on any atom is -0.481 e. The van der Waals surface area contributed by atoms with Gasteiger partial charge in [0.1, 0.15) is 6.61 Å². The number of amides is 1. The molecule has 0 radical (unpaired) electrons. The molecule has 2 N–H and O–H groups in total. The fraction of sp³-hybridized carbons (Fsp3) is 0.500. The predicted octanol–water partition coefficient (Wildman–Crippen LogP) is 2.41. The second-order valence-electron chi connectivity index (χ2n) is 5.93. The zero-order valence-corrected chi connectivity index (χ0v) is 11.7. The van der Waals surface area contributed by atoms with E-state index >= 15 is 0 Å². The molecule has 1 amide bonds. The molecule has 0 heterocycles. The van der Waals surface area contributed by atoms with E-state index in [1.807, 2.05) is 30.3 Å². The van der Waals surface area contributed by atoms with Gasteiger partial charge in [-0.3, -0.25) is 4.79 Å². The van der Waals surface area contributed by atoms with Crippen LogP contribution in [0.3, 0.4) is 0 Å². The first-order valence-electron chi connectivity index (χ1n) is 7.35. The monoisotopic (exact) mass is 289 g/mol. The summed E-state index contributed by atoms with van der Waals surface area (Å²) < 4.78 is 5.18. The molecule has 2 bridgehead atoms. The summed E-state index contributed by atoms with van der Waals surface area (Å²) in [5.74, 6) is -0.795. The molecule has 5 heteroatoms. The quantitative estimate of drug-likeness (QED) is 0.892. The summed E-state index contributed by atoms with van der Waals surface area (Å²) in [4.78, 5) is 23.3. The highest BCUT2D eigenvalue weighted by Crippen LogP contribution is 2.48. The Balaban J connectivity index is 1.56. The summed E-state index contributed by atoms with van der Waals surface area (Å²) >= 11 is 0. The maximum absolute atomic E-state index is 11.9. The van der Waals surface area contributed by atoms with Gasteiger partial charge >= 0.3 is 12.1 Å². The summed E-state index contributed by atoms with van der Waals surface area (Å²) in [6.07, 6.45) is 2.33. The van der Waals surface area contributed by atoms with Gasteiger partial charge in [0, 0.05) is 6.04 Å². The van der Waals surface area contributed by atoms with E-state index in [9.17, 15) is 14.7 Å². The number of aliphatic carboxylic acids is 1. The molecule has 112 valence electrons. The molecule has 0 saturated heterocycles. The first-order valence-corrected chi connectivity index (χ1v) is 7.35. The number of nitrogens with one attached hydrogen (secondary N) is 1. The summed E-state index contributed by atoms with van der Waals surface area (Å²) in [5, 5.41) is 12.1. The average Bonchev–Trinajstić information content (AvgIpc) is 3.07. The van der Waals surface area contributed by atoms with E-state index in [0.29, 0.717) is 0 Å². The van der Waals surface area contributed by atoms with Gasteiger partial charge in [-0.2, -0.15) is 0 Å². The molecule has 0 aliphatic heterocycles. The number of alkyl carbamates (subject to hydrolysis) is 1. The minimum absolute atomic E-state index is 0.200. The van der Waals surface area contributed by atoms with Crippen LogP contribution in [0, 0.1) is 17.8 Å². The first-order chi connectivity index (χ1) is 10.1. The van der Waals surface area contributed by atoms with Crippen LogP contribution in [-0.4, -0.2) is 23.2 Å². The van der Waals surface area contributed by atoms with Crippen molar-refractivity contribution >= 4 is 12.1 Å². The lowest BCUT2D eigenvalue weighted by Gasteiger charge is -2.28. The Bertz CT molecular complexity index is 530. The van der Waals surface area contributed by atoms with Crippen molar-refractivity contribution < 1.29 is 19.4 Å². The number of carboxylic acids is 1. The molecule has 21 heavy (non-hydrogen) atoms. The van der Waals surface area contributed by atoms with E-state index in [4.69, 9.17) is 4.74 Å². The van der Waals surface area contributed by atoms with Crippen molar-refractivity contribution in [2.45, 2.75) is 31.9 Å². The third-order valence-electron chi connectivity index (χ3n) is 4.70. The normalized spacial score (nSPS) is 30.1. The molecule has 5 nitrogen and oxygen atoms in total. The van der Waals surface area contributed by atoms with Crippen LogP contribution in [0.4, 0.5) is 4.79 Å². The van der Waals surface area contributed by atoms with Crippen LogP contribution in [0.15, 0.2) is 30.3 Å². The smallest absolute Gasteiger partial charge is 0.407 e. The van der Waals surface area contributed by atoms with Crippen LogP contribution in [0.5, 0.6) is 0 Å². The van der Waals surface area contributed by atoms with Crippen LogP contribution < -0.4 is 5.32 Å². The SMILES string of the molecule is O=C(N[C@@H]1C2CCC(C2)[C@H]1C(=O)O)OCc1ccccc1. The summed E-state index contributed by atoms with van der Waals surface area (Å²) in [7, 11) is 0. The largest absolute Gasteiger partial charge is 0.481 e. The second kappa shape index (κ2) is 5.76. The van der Waals surface area contributed by atoms with E-state index in [0.717, 1.165) is 24.8 Å². The van der Waals surface area contributed by atoms with E-state index in [1.54, 1.807) is 0 Å². The number of carboxylic acid groups (broad SMARTS) is 1. The van der Waals surface area contributed by atoms with E-state index in [1.165, 1.54) is 0 Å². The van der Waals surface area contributed by atoms with E-state index in [2.05, 4.69) is 5.32 Å². The van der Waals surface area contributed by atoms with Crippen molar-refractivity contribution in [3.8, 4) is 0 Å². The Morgan fingerprint density at radius 2 is 1.90 bits per heavy atom. The molecule has 1 aromatic carbocycles. The van der Waals surface area contributed by atoms with Crippen molar-refractivity contribution in [3.63, 3.8) is 0 Å². The van der Waals surface area contributed by atoms with Gasteiger partial charge in [0.05, 0.1) is 5.92 Å². The molecule has 2 fully saturated rings. The van der Waals surface area contributed by atoms with Gasteiger partial charge in [-0.25, -0.2) is 4.79 Å². The van der Waals surface area contributed by atoms with E-state index in [-0.39, 0.29) is 24.5 Å². The third kappa shape index (κ3) is 2.86. The molecule has 2 aliphatic rings. The molecular formula is C16H19NO4. The lowest BCUT2D eigenvalue weighted by Crippen LogP contribution is -2.46. The lowest BCUT2D eigenvalue weighted by atomic mass is 9.84. The van der Waals surface area contributed by atoms with Gasteiger partial charge in [-0.15, -0.1) is 0 Å². The van der Waals surface area contributed by atoms with Gasteiger partial charge in [0.15, 0.2) is 0 Å². The number of hydrogen-bond acceptors (Lipinski definition) is 3. The van der Waals surface area contributed by atoms with Gasteiger partial charge in [-0.05, 0) is 36.7 Å². The predicted molar refractivity (Wildman–Crippen MR) is 75.5 cm³/mol. The maximum Gasteiger partial charge on any atom is 0.407 e. The molecule has 3 rings (SSSR count). The molecule has 0 aromatic heterocycles. The zero-order chi connectivity index (χ0) is 14.8. The Morgan fingerprint density at radius 1 is 1.19 bits per heavy atom. The summed E-state index contributed by atoms with van der Waals surface area (Å²) in [6, 6.07) is 9.14. The van der Waals surface area contributed by atoms with Gasteiger partial charge in [-0.1, -0.05) is 30.3 Å². The maximum atomic E-state index is 11.9. The number of hydrogen-bond donors (Lipinski definition) is 2. The number of rotatable bonds is 4. The number of carbonyl (C=O) groups is 2. The third-order valence-corrected chi connectivity index (χ3v) is 4.70. The van der Waals surface area contributed by atoms with Gasteiger partial charge in [0.25, 0.3) is 0 Å². The Labute approximate surface area is 123 Å². The Hall–Kier alpha value is -2.04. The molecule has 2 saturated carbocycles. The fourth-order valence-corrected chi connectivity index (χ4v) is 3.76. The highest BCUT2D eigenvalue weighted by atomic mass is 16.5. The molecular weight excluding hydrogens is 270 g/mol. The van der Waals surface area contributed by atoms with E-state index < -0.39 is 18.0 Å². The topological polar surface area (TPSA) is 75.6 Å². The highest BCUT2D eigenvalue weighted by molar-refractivity contribution is 5.74. The van der Waals surface area contributed by atoms with Crippen molar-refractivity contribution in [2.75, 3.05) is 0 Å². The van der Waals surface area contributed by atoms with Gasteiger partial charge in [0.2, 0.25) is 0 Å². The van der Waals surface area contributed by atoms with Crippen LogP contribution in [0.25, 0.3) is 0 Å². The van der Waals surface area contributed by atoms with Crippen LogP contribution >= 0.6 is 0 Å². The summed E-state index contributed by atoms with van der Waals surface area (Å²) in [5.41, 5.74) is 0.912. The zero-order valence-electron chi connectivity index (χ0n) is 11.7. The molecule has 0 spiro atoms. The number of benzene rings is 1. The molecule has 1 aromatic rings. The Kier molecular flexibility index (Phi) is 3.82. The summed E-state index contributed by atoms with van der Waals surface area (Å²) in [6.45, 7) is 0.200. The van der Waals surface area contributed by atoms with Crippen molar-refractivity contribution in [3.05, 3.63) is 35.9 Å². The molecule has 4 atom stereocenters. The molecule has 2 aliphatic carbocycles. The average molecular weight is 289 g/mol. The highest BCUT2D eigenvalue weighted by Gasteiger charge is 2.51. The van der Waals surface area contributed by atoms with Gasteiger partial charge < -0.3 is 15.2 Å². The second-order valence-corrected chi connectivity index (χ2v) is 5.93. The Morgan fingerprint density at radius 3 is 2.62 bits per heavy atom. The fourth-order valence-electron chi connectivity index (χ4n) is 3.76. The first kappa shape index (κ1) is 13.9. The lowest BCUT2D eigenvalue weighted by molar-refractivity contribution is -0.144. The number of ether oxygens (including phenoxy) is 1. The minimum atomic E-state index is -0.810. The molecule has 2 unspecified atom stereocenters. The standard InChI is InChI=1S/C16H19NO4/c18-15(19)13-11-6-7-12(8-11)14(13)17-16(20)21-9-10-4-2-1-3-5-10/h1-5,11-14H,6-9H2,(H,17,20)(H,18,19)/t11?,12?,13-,14-/m1/s1. The van der Waals surface area contributed by atoms with Crippen LogP contribution in [0.1, 0.15) is 24.8 Å². The van der Waals surface area contributed by atoms with Crippen molar-refractivity contribution in [1.82, 2.24) is 5.32 Å². The van der Waals surface area contributed by atoms with Crippen LogP contribution in [-0.2, 0) is 16.1 Å². The van der Waals surface area contributed by atoms with Crippen LogP contribution in [0.2, 0.25) is 0 Å². The number of fused-ring (bicyclic) bond motifs is 2.